The number of aliphatic hydroxyl groups excluding tert-OH is 5. The van der Waals surface area contributed by atoms with Crippen LogP contribution in [0.2, 0.25) is 0 Å². The summed E-state index contributed by atoms with van der Waals surface area (Å²) in [6.45, 7) is -0.760. The molecule has 23 heteroatoms. The molecule has 0 unspecified atom stereocenters. The fraction of sp³-hybridized carbons (Fsp3) is 0.611. The molecule has 0 aliphatic heterocycles. The molecule has 0 aliphatic carbocycles. The van der Waals surface area contributed by atoms with Crippen LogP contribution >= 0.6 is 0 Å². The van der Waals surface area contributed by atoms with Crippen LogP contribution in [-0.2, 0) is 33.6 Å². The van der Waals surface area contributed by atoms with E-state index >= 15 is 0 Å². The number of carboxylic acids is 6. The van der Waals surface area contributed by atoms with E-state index in [1.807, 2.05) is 0 Å². The second-order valence-corrected chi connectivity index (χ2v) is 7.25. The molecular weight excluding hydrogens is 605 g/mol. The molecule has 220 valence electrons. The molecule has 0 spiro atoms. The van der Waals surface area contributed by atoms with Gasteiger partial charge in [-0.2, -0.15) is 0 Å². The molecule has 0 bridgehead atoms. The standard InChI is InChI=1S/2C6H8O7.C6H12O6.3Na/c2*7-3(8)1-6(13,5(11)12)2-4(9)10;7-1-3(9)5(11)6(12)4(10)2-8;;;/h2*13H,1-2H2,(H,7,8)(H,9,10)(H,11,12);1,3-6,8-12H,2H2;;;/q;;;3*+1/p-3/t;;3-,4+,5+,6+;;;/m..0.../s1. The monoisotopic (exact) mass is 630 g/mol. The van der Waals surface area contributed by atoms with E-state index in [1.165, 1.54) is 0 Å². The number of hydrogen-bond donors (Lipinski definition) is 10. The first-order chi connectivity index (χ1) is 17.1. The van der Waals surface area contributed by atoms with E-state index in [4.69, 9.17) is 51.1 Å². The van der Waals surface area contributed by atoms with Gasteiger partial charge in [0.15, 0.2) is 11.9 Å². The topological polar surface area (TPSA) is 391 Å². The fourth-order valence-electron chi connectivity index (χ4n) is 2.02. The molecule has 0 aromatic heterocycles. The SMILES string of the molecule is O=C(O)CC(O)(CC(=O)O)C(=O)O.O=C([O-])CC(O)(CC(=O)[O-])C(=O)[O-].O=C[C@H](O)[C@@H](O)[C@H](O)[C@H](O)CO.[Na+].[Na+].[Na+]. The van der Waals surface area contributed by atoms with E-state index in [-0.39, 0.29) is 95.0 Å². The number of rotatable bonds is 15. The first kappa shape index (κ1) is 52.8. The van der Waals surface area contributed by atoms with Gasteiger partial charge in [-0.25, -0.2) is 4.79 Å². The van der Waals surface area contributed by atoms with E-state index in [1.54, 1.807) is 0 Å². The predicted molar refractivity (Wildman–Crippen MR) is 103 cm³/mol. The van der Waals surface area contributed by atoms with Crippen LogP contribution in [0, 0.1) is 0 Å². The smallest absolute Gasteiger partial charge is 0.550 e. The van der Waals surface area contributed by atoms with Gasteiger partial charge in [-0.05, 0) is 0 Å². The van der Waals surface area contributed by atoms with E-state index in [9.17, 15) is 48.9 Å². The predicted octanol–water partition coefficient (Wildman–Crippen LogP) is -18.9. The van der Waals surface area contributed by atoms with Gasteiger partial charge in [-0.3, -0.25) is 9.59 Å². The first-order valence-electron chi connectivity index (χ1n) is 9.61. The third-order valence-corrected chi connectivity index (χ3v) is 3.96. The van der Waals surface area contributed by atoms with Crippen LogP contribution in [0.15, 0.2) is 0 Å². The summed E-state index contributed by atoms with van der Waals surface area (Å²) in [6.07, 6.45) is -11.8. The number of carboxylic acid groups (broad SMARTS) is 6. The van der Waals surface area contributed by atoms with Gasteiger partial charge >= 0.3 is 107 Å². The number of aliphatic carboxylic acids is 6. The van der Waals surface area contributed by atoms with Gasteiger partial charge in [0.25, 0.3) is 0 Å². The van der Waals surface area contributed by atoms with Crippen molar-refractivity contribution in [3.05, 3.63) is 0 Å². The van der Waals surface area contributed by atoms with Crippen LogP contribution in [0.4, 0.5) is 0 Å². The van der Waals surface area contributed by atoms with Crippen molar-refractivity contribution in [2.45, 2.75) is 61.3 Å². The Balaban J connectivity index is -0.000000108. The van der Waals surface area contributed by atoms with E-state index in [2.05, 4.69) is 0 Å². The van der Waals surface area contributed by atoms with Crippen molar-refractivity contribution < 1.29 is 189 Å². The van der Waals surface area contributed by atoms with Crippen LogP contribution < -0.4 is 104 Å². The Bertz CT molecular complexity index is 767. The zero-order chi connectivity index (χ0) is 31.0. The number of aldehydes is 1. The maximum absolute atomic E-state index is 10.3. The number of hydrogen-bond acceptors (Lipinski definition) is 17. The zero-order valence-corrected chi connectivity index (χ0v) is 28.0. The Morgan fingerprint density at radius 3 is 1.20 bits per heavy atom. The molecule has 20 nitrogen and oxygen atoms in total. The normalized spacial score (nSPS) is 13.0. The molecule has 0 rings (SSSR count). The van der Waals surface area contributed by atoms with E-state index in [0.29, 0.717) is 0 Å². The summed E-state index contributed by atoms with van der Waals surface area (Å²) in [4.78, 5) is 70.4. The number of carbonyl (C=O) groups is 7. The molecule has 0 saturated carbocycles. The first-order valence-corrected chi connectivity index (χ1v) is 9.61. The third-order valence-electron chi connectivity index (χ3n) is 3.96. The molecule has 0 amide bonds. The van der Waals surface area contributed by atoms with Crippen molar-refractivity contribution in [3.63, 3.8) is 0 Å². The molecular formula is C18H25Na3O20. The molecule has 0 heterocycles. The minimum Gasteiger partial charge on any atom is -0.550 e. The molecule has 0 radical (unpaired) electrons. The molecule has 4 atom stereocenters. The molecule has 0 fully saturated rings. The second kappa shape index (κ2) is 25.7. The molecule has 0 saturated heterocycles. The van der Waals surface area contributed by atoms with Gasteiger partial charge in [-0.1, -0.05) is 0 Å². The second-order valence-electron chi connectivity index (χ2n) is 7.25. The number of aliphatic hydroxyl groups is 7. The molecule has 0 aromatic carbocycles. The quantitative estimate of drug-likeness (QED) is 0.0592. The summed E-state index contributed by atoms with van der Waals surface area (Å²) in [7, 11) is 0. The fourth-order valence-corrected chi connectivity index (χ4v) is 2.02. The Hall–Kier alpha value is -0.790. The Morgan fingerprint density at radius 2 is 1.00 bits per heavy atom. The molecule has 0 aliphatic rings. The van der Waals surface area contributed by atoms with Crippen LogP contribution in [0.3, 0.4) is 0 Å². The third kappa shape index (κ3) is 24.4. The largest absolute Gasteiger partial charge is 1.00 e. The minimum atomic E-state index is -2.97. The van der Waals surface area contributed by atoms with Gasteiger partial charge in [0.05, 0.1) is 25.4 Å². The van der Waals surface area contributed by atoms with Gasteiger partial charge < -0.3 is 85.6 Å². The van der Waals surface area contributed by atoms with Crippen LogP contribution in [-0.4, -0.2) is 135 Å². The van der Waals surface area contributed by atoms with E-state index < -0.39 is 104 Å². The maximum atomic E-state index is 10.3. The Kier molecular flexibility index (Phi) is 33.1. The number of carbonyl (C=O) groups excluding carboxylic acids is 4. The summed E-state index contributed by atoms with van der Waals surface area (Å²) in [5, 5.41) is 116. The van der Waals surface area contributed by atoms with Crippen molar-refractivity contribution in [1.29, 1.82) is 0 Å². The Morgan fingerprint density at radius 1 is 0.659 bits per heavy atom. The van der Waals surface area contributed by atoms with Crippen LogP contribution in [0.5, 0.6) is 0 Å². The van der Waals surface area contributed by atoms with Gasteiger partial charge in [0, 0.05) is 24.8 Å². The maximum Gasteiger partial charge on any atom is 1.00 e. The summed E-state index contributed by atoms with van der Waals surface area (Å²) in [5.41, 5.74) is -5.71. The summed E-state index contributed by atoms with van der Waals surface area (Å²) in [6, 6.07) is 0. The van der Waals surface area contributed by atoms with Crippen molar-refractivity contribution in [3.8, 4) is 0 Å². The molecule has 0 aromatic rings. The van der Waals surface area contributed by atoms with Crippen molar-refractivity contribution >= 4 is 42.1 Å². The zero-order valence-electron chi connectivity index (χ0n) is 22.0. The summed E-state index contributed by atoms with van der Waals surface area (Å²) >= 11 is 0. The average Bonchev–Trinajstić information content (AvgIpc) is 2.75. The summed E-state index contributed by atoms with van der Waals surface area (Å²) < 4.78 is 0. The van der Waals surface area contributed by atoms with Crippen molar-refractivity contribution in [2.24, 2.45) is 0 Å². The molecule has 41 heavy (non-hydrogen) atoms. The average molecular weight is 630 g/mol. The van der Waals surface area contributed by atoms with Gasteiger partial charge in [-0.15, -0.1) is 0 Å². The van der Waals surface area contributed by atoms with Crippen LogP contribution in [0.25, 0.3) is 0 Å². The van der Waals surface area contributed by atoms with Crippen molar-refractivity contribution in [1.82, 2.24) is 0 Å². The van der Waals surface area contributed by atoms with Gasteiger partial charge in [0.2, 0.25) is 0 Å². The Labute approximate surface area is 296 Å². The minimum absolute atomic E-state index is 0. The van der Waals surface area contributed by atoms with Crippen LogP contribution in [0.1, 0.15) is 25.7 Å². The molecule has 10 N–H and O–H groups in total. The van der Waals surface area contributed by atoms with E-state index in [0.717, 1.165) is 0 Å². The van der Waals surface area contributed by atoms with Crippen molar-refractivity contribution in [2.75, 3.05) is 6.61 Å². The summed E-state index contributed by atoms with van der Waals surface area (Å²) in [5.74, 6) is -11.0. The van der Waals surface area contributed by atoms with Gasteiger partial charge in [0.1, 0.15) is 30.0 Å².